The van der Waals surface area contributed by atoms with Crippen molar-refractivity contribution >= 4 is 5.69 Å². The fourth-order valence-corrected chi connectivity index (χ4v) is 1.96. The summed E-state index contributed by atoms with van der Waals surface area (Å²) < 4.78 is 10.4. The van der Waals surface area contributed by atoms with Gasteiger partial charge in [0.25, 0.3) is 0 Å². The molecule has 100 valence electrons. The Labute approximate surface area is 114 Å². The first-order chi connectivity index (χ1) is 9.33. The molecular weight excluding hydrogens is 238 g/mol. The molecule has 0 spiro atoms. The minimum Gasteiger partial charge on any atom is -0.497 e. The summed E-state index contributed by atoms with van der Waals surface area (Å²) in [7, 11) is 3.39. The maximum atomic E-state index is 5.21. The normalized spacial score (nSPS) is 10.2. The lowest BCUT2D eigenvalue weighted by Crippen LogP contribution is -2.03. The Hall–Kier alpha value is -2.00. The summed E-state index contributed by atoms with van der Waals surface area (Å²) >= 11 is 0. The third-order valence-electron chi connectivity index (χ3n) is 2.97. The molecule has 0 atom stereocenters. The molecule has 19 heavy (non-hydrogen) atoms. The second kappa shape index (κ2) is 6.81. The van der Waals surface area contributed by atoms with Crippen LogP contribution in [-0.2, 0) is 17.9 Å². The van der Waals surface area contributed by atoms with Crippen molar-refractivity contribution in [2.75, 3.05) is 19.5 Å². The molecule has 3 heteroatoms. The van der Waals surface area contributed by atoms with Gasteiger partial charge in [-0.3, -0.25) is 0 Å². The summed E-state index contributed by atoms with van der Waals surface area (Å²) in [6.07, 6.45) is 0. The molecule has 3 nitrogen and oxygen atoms in total. The van der Waals surface area contributed by atoms with Gasteiger partial charge in [0.1, 0.15) is 5.75 Å². The van der Waals surface area contributed by atoms with Gasteiger partial charge in [0, 0.05) is 25.4 Å². The lowest BCUT2D eigenvalue weighted by atomic mass is 10.1. The highest BCUT2D eigenvalue weighted by Gasteiger charge is 2.01. The van der Waals surface area contributed by atoms with Crippen LogP contribution < -0.4 is 10.1 Å². The third kappa shape index (κ3) is 3.73. The zero-order valence-electron chi connectivity index (χ0n) is 11.3. The molecule has 0 bridgehead atoms. The van der Waals surface area contributed by atoms with E-state index < -0.39 is 0 Å². The lowest BCUT2D eigenvalue weighted by molar-refractivity contribution is 0.184. The minimum atomic E-state index is 0.635. The maximum Gasteiger partial charge on any atom is 0.120 e. The number of rotatable bonds is 6. The second-order valence-electron chi connectivity index (χ2n) is 4.29. The van der Waals surface area contributed by atoms with Crippen molar-refractivity contribution in [2.45, 2.75) is 13.2 Å². The molecule has 0 aliphatic heterocycles. The molecule has 0 aliphatic carbocycles. The molecule has 0 fully saturated rings. The monoisotopic (exact) mass is 257 g/mol. The van der Waals surface area contributed by atoms with E-state index in [-0.39, 0.29) is 0 Å². The first-order valence-electron chi connectivity index (χ1n) is 6.27. The van der Waals surface area contributed by atoms with E-state index in [1.165, 1.54) is 11.1 Å². The van der Waals surface area contributed by atoms with Crippen molar-refractivity contribution in [2.24, 2.45) is 0 Å². The van der Waals surface area contributed by atoms with Crippen LogP contribution in [-0.4, -0.2) is 14.2 Å². The maximum absolute atomic E-state index is 5.21. The van der Waals surface area contributed by atoms with E-state index in [1.54, 1.807) is 14.2 Å². The topological polar surface area (TPSA) is 30.5 Å². The average molecular weight is 257 g/mol. The van der Waals surface area contributed by atoms with Crippen molar-refractivity contribution in [1.29, 1.82) is 0 Å². The summed E-state index contributed by atoms with van der Waals surface area (Å²) in [5.41, 5.74) is 3.50. The van der Waals surface area contributed by atoms with Crippen molar-refractivity contribution in [3.63, 3.8) is 0 Å². The van der Waals surface area contributed by atoms with Gasteiger partial charge in [0.15, 0.2) is 0 Å². The van der Waals surface area contributed by atoms with Crippen LogP contribution >= 0.6 is 0 Å². The van der Waals surface area contributed by atoms with E-state index in [2.05, 4.69) is 17.4 Å². The van der Waals surface area contributed by atoms with Gasteiger partial charge in [0.05, 0.1) is 13.7 Å². The Balaban J connectivity index is 2.05. The molecule has 0 saturated carbocycles. The predicted molar refractivity (Wildman–Crippen MR) is 77.5 cm³/mol. The number of anilines is 1. The molecule has 0 radical (unpaired) electrons. The molecule has 2 rings (SSSR count). The summed E-state index contributed by atoms with van der Waals surface area (Å²) in [6.45, 7) is 1.41. The van der Waals surface area contributed by atoms with Gasteiger partial charge in [-0.2, -0.15) is 0 Å². The first-order valence-corrected chi connectivity index (χ1v) is 6.27. The molecule has 2 aromatic carbocycles. The summed E-state index contributed by atoms with van der Waals surface area (Å²) in [6, 6.07) is 16.2. The Morgan fingerprint density at radius 1 is 0.947 bits per heavy atom. The zero-order chi connectivity index (χ0) is 13.5. The van der Waals surface area contributed by atoms with Gasteiger partial charge in [-0.1, -0.05) is 30.3 Å². The van der Waals surface area contributed by atoms with Crippen LogP contribution in [0, 0.1) is 0 Å². The van der Waals surface area contributed by atoms with Gasteiger partial charge in [-0.05, 0) is 23.3 Å². The van der Waals surface area contributed by atoms with Crippen LogP contribution in [0.25, 0.3) is 0 Å². The van der Waals surface area contributed by atoms with E-state index in [0.29, 0.717) is 6.61 Å². The highest BCUT2D eigenvalue weighted by molar-refractivity contribution is 5.48. The van der Waals surface area contributed by atoms with Crippen LogP contribution in [0.5, 0.6) is 5.75 Å². The number of ether oxygens (including phenoxy) is 2. The van der Waals surface area contributed by atoms with Crippen LogP contribution in [0.4, 0.5) is 5.69 Å². The Morgan fingerprint density at radius 3 is 2.47 bits per heavy atom. The molecule has 0 heterocycles. The van der Waals surface area contributed by atoms with Crippen LogP contribution in [0.2, 0.25) is 0 Å². The highest BCUT2D eigenvalue weighted by Crippen LogP contribution is 2.18. The Kier molecular flexibility index (Phi) is 4.81. The van der Waals surface area contributed by atoms with Crippen molar-refractivity contribution in [1.82, 2.24) is 0 Å². The fourth-order valence-electron chi connectivity index (χ4n) is 1.96. The summed E-state index contributed by atoms with van der Waals surface area (Å²) in [4.78, 5) is 0. The molecule has 0 saturated heterocycles. The smallest absolute Gasteiger partial charge is 0.120 e. The summed E-state index contributed by atoms with van der Waals surface area (Å²) in [5, 5.41) is 3.40. The van der Waals surface area contributed by atoms with E-state index in [9.17, 15) is 0 Å². The molecule has 0 aromatic heterocycles. The second-order valence-corrected chi connectivity index (χ2v) is 4.29. The van der Waals surface area contributed by atoms with Crippen LogP contribution in [0.3, 0.4) is 0 Å². The van der Waals surface area contributed by atoms with E-state index in [1.807, 2.05) is 36.4 Å². The van der Waals surface area contributed by atoms with Crippen molar-refractivity contribution < 1.29 is 9.47 Å². The minimum absolute atomic E-state index is 0.635. The Morgan fingerprint density at radius 2 is 1.74 bits per heavy atom. The number of nitrogens with one attached hydrogen (secondary N) is 1. The van der Waals surface area contributed by atoms with Crippen LogP contribution in [0.15, 0.2) is 48.5 Å². The van der Waals surface area contributed by atoms with E-state index in [4.69, 9.17) is 9.47 Å². The van der Waals surface area contributed by atoms with Crippen LogP contribution in [0.1, 0.15) is 11.1 Å². The fraction of sp³-hybridized carbons (Fsp3) is 0.250. The molecule has 2 aromatic rings. The molecule has 0 unspecified atom stereocenters. The largest absolute Gasteiger partial charge is 0.497 e. The first kappa shape index (κ1) is 13.4. The molecule has 0 aliphatic rings. The van der Waals surface area contributed by atoms with Crippen molar-refractivity contribution in [3.05, 3.63) is 59.7 Å². The predicted octanol–water partition coefficient (Wildman–Crippen LogP) is 3.45. The Bertz CT molecular complexity index is 526. The third-order valence-corrected chi connectivity index (χ3v) is 2.97. The molecular formula is C16H19NO2. The standard InChI is InChI=1S/C16H19NO2/c1-18-12-14-7-4-3-6-13(14)11-17-15-8-5-9-16(10-15)19-2/h3-10,17H,11-12H2,1-2H3. The molecule has 0 amide bonds. The van der Waals surface area contributed by atoms with E-state index >= 15 is 0 Å². The van der Waals surface area contributed by atoms with E-state index in [0.717, 1.165) is 18.0 Å². The highest BCUT2D eigenvalue weighted by atomic mass is 16.5. The number of benzene rings is 2. The number of methoxy groups -OCH3 is 2. The van der Waals surface area contributed by atoms with Gasteiger partial charge in [-0.25, -0.2) is 0 Å². The number of hydrogen-bond donors (Lipinski definition) is 1. The summed E-state index contributed by atoms with van der Waals surface area (Å²) in [5.74, 6) is 0.857. The SMILES string of the molecule is COCc1ccccc1CNc1cccc(OC)c1. The quantitative estimate of drug-likeness (QED) is 0.859. The average Bonchev–Trinajstić information content (AvgIpc) is 2.47. The van der Waals surface area contributed by atoms with Gasteiger partial charge in [0.2, 0.25) is 0 Å². The van der Waals surface area contributed by atoms with Gasteiger partial charge >= 0.3 is 0 Å². The van der Waals surface area contributed by atoms with Crippen molar-refractivity contribution in [3.8, 4) is 5.75 Å². The zero-order valence-corrected chi connectivity index (χ0v) is 11.3. The molecule has 1 N–H and O–H groups in total. The van der Waals surface area contributed by atoms with Gasteiger partial charge < -0.3 is 14.8 Å². The van der Waals surface area contributed by atoms with Gasteiger partial charge in [-0.15, -0.1) is 0 Å². The number of hydrogen-bond acceptors (Lipinski definition) is 3. The lowest BCUT2D eigenvalue weighted by Gasteiger charge is -2.11.